The summed E-state index contributed by atoms with van der Waals surface area (Å²) in [6.45, 7) is 13.7. The minimum Gasteiger partial charge on any atom is -0.285 e. The SMILES string of the molecule is C=C(CN=C(C)c1ccccc1)c1ccc(C(C)C(C)C)cc1. The van der Waals surface area contributed by atoms with E-state index in [2.05, 4.69) is 75.7 Å². The Morgan fingerprint density at radius 2 is 1.52 bits per heavy atom. The molecule has 0 N–H and O–H groups in total. The van der Waals surface area contributed by atoms with Gasteiger partial charge in [-0.15, -0.1) is 0 Å². The fourth-order valence-electron chi connectivity index (χ4n) is 2.48. The molecule has 2 aromatic carbocycles. The van der Waals surface area contributed by atoms with E-state index in [1.807, 2.05) is 18.2 Å². The molecule has 0 fully saturated rings. The van der Waals surface area contributed by atoms with E-state index in [1.165, 1.54) is 16.7 Å². The summed E-state index contributed by atoms with van der Waals surface area (Å²) in [5.41, 5.74) is 5.84. The van der Waals surface area contributed by atoms with Gasteiger partial charge in [0, 0.05) is 5.71 Å². The smallest absolute Gasteiger partial charge is 0.0643 e. The Bertz CT molecular complexity index is 663. The van der Waals surface area contributed by atoms with E-state index in [9.17, 15) is 0 Å². The van der Waals surface area contributed by atoms with Crippen LogP contribution in [0.5, 0.6) is 0 Å². The van der Waals surface area contributed by atoms with Crippen LogP contribution in [0.3, 0.4) is 0 Å². The monoisotopic (exact) mass is 305 g/mol. The molecule has 1 nitrogen and oxygen atoms in total. The Labute approximate surface area is 140 Å². The number of hydrogen-bond acceptors (Lipinski definition) is 1. The second kappa shape index (κ2) is 7.92. The van der Waals surface area contributed by atoms with Crippen molar-refractivity contribution >= 4 is 11.3 Å². The van der Waals surface area contributed by atoms with Crippen molar-refractivity contribution in [3.05, 3.63) is 77.9 Å². The van der Waals surface area contributed by atoms with Gasteiger partial charge < -0.3 is 0 Å². The van der Waals surface area contributed by atoms with E-state index >= 15 is 0 Å². The molecule has 1 unspecified atom stereocenters. The van der Waals surface area contributed by atoms with E-state index in [0.29, 0.717) is 18.4 Å². The molecular weight excluding hydrogens is 278 g/mol. The van der Waals surface area contributed by atoms with Crippen molar-refractivity contribution in [1.82, 2.24) is 0 Å². The lowest BCUT2D eigenvalue weighted by Gasteiger charge is -2.16. The summed E-state index contributed by atoms with van der Waals surface area (Å²) in [4.78, 5) is 4.67. The first-order chi connectivity index (χ1) is 11.0. The molecule has 0 saturated heterocycles. The molecule has 0 radical (unpaired) electrons. The van der Waals surface area contributed by atoms with Gasteiger partial charge >= 0.3 is 0 Å². The number of rotatable bonds is 6. The zero-order valence-corrected chi connectivity index (χ0v) is 14.7. The van der Waals surface area contributed by atoms with Gasteiger partial charge in [-0.25, -0.2) is 0 Å². The third kappa shape index (κ3) is 4.66. The normalized spacial score (nSPS) is 13.2. The third-order valence-electron chi connectivity index (χ3n) is 4.54. The summed E-state index contributed by atoms with van der Waals surface area (Å²) in [5, 5.41) is 0. The molecular formula is C22H27N. The van der Waals surface area contributed by atoms with Gasteiger partial charge in [0.25, 0.3) is 0 Å². The van der Waals surface area contributed by atoms with Crippen molar-refractivity contribution in [2.75, 3.05) is 6.54 Å². The molecule has 2 aromatic rings. The van der Waals surface area contributed by atoms with Gasteiger partial charge in [0.2, 0.25) is 0 Å². The van der Waals surface area contributed by atoms with E-state index < -0.39 is 0 Å². The molecule has 1 atom stereocenters. The minimum absolute atomic E-state index is 0.579. The van der Waals surface area contributed by atoms with Gasteiger partial charge in [0.15, 0.2) is 0 Å². The molecule has 0 bridgehead atoms. The topological polar surface area (TPSA) is 12.4 Å². The van der Waals surface area contributed by atoms with Crippen molar-refractivity contribution in [2.45, 2.75) is 33.6 Å². The van der Waals surface area contributed by atoms with Gasteiger partial charge in [-0.3, -0.25) is 4.99 Å². The lowest BCUT2D eigenvalue weighted by atomic mass is 9.89. The van der Waals surface area contributed by atoms with E-state index in [1.54, 1.807) is 0 Å². The lowest BCUT2D eigenvalue weighted by Crippen LogP contribution is -2.02. The van der Waals surface area contributed by atoms with Crippen LogP contribution < -0.4 is 0 Å². The Balaban J connectivity index is 2.04. The quantitative estimate of drug-likeness (QED) is 0.583. The number of benzene rings is 2. The van der Waals surface area contributed by atoms with Crippen LogP contribution in [0.15, 0.2) is 66.2 Å². The molecule has 0 heterocycles. The lowest BCUT2D eigenvalue weighted by molar-refractivity contribution is 0.535. The average Bonchev–Trinajstić information content (AvgIpc) is 2.59. The molecule has 0 aliphatic carbocycles. The van der Waals surface area contributed by atoms with Crippen LogP contribution >= 0.6 is 0 Å². The van der Waals surface area contributed by atoms with Crippen LogP contribution in [0.4, 0.5) is 0 Å². The molecule has 1 heteroatoms. The van der Waals surface area contributed by atoms with Crippen molar-refractivity contribution in [3.8, 4) is 0 Å². The van der Waals surface area contributed by atoms with Crippen LogP contribution in [-0.4, -0.2) is 12.3 Å². The van der Waals surface area contributed by atoms with Gasteiger partial charge in [0.05, 0.1) is 6.54 Å². The summed E-state index contributed by atoms with van der Waals surface area (Å²) in [6, 6.07) is 19.1. The largest absolute Gasteiger partial charge is 0.285 e. The highest BCUT2D eigenvalue weighted by atomic mass is 14.7. The molecule has 120 valence electrons. The van der Waals surface area contributed by atoms with Gasteiger partial charge in [-0.05, 0) is 41.0 Å². The maximum atomic E-state index is 4.67. The Kier molecular flexibility index (Phi) is 5.92. The van der Waals surface area contributed by atoms with Crippen molar-refractivity contribution in [1.29, 1.82) is 0 Å². The van der Waals surface area contributed by atoms with Crippen LogP contribution in [0.2, 0.25) is 0 Å². The second-order valence-electron chi connectivity index (χ2n) is 6.53. The summed E-state index contributed by atoms with van der Waals surface area (Å²) >= 11 is 0. The van der Waals surface area contributed by atoms with Gasteiger partial charge in [-0.2, -0.15) is 0 Å². The van der Waals surface area contributed by atoms with Crippen LogP contribution in [0, 0.1) is 5.92 Å². The standard InChI is InChI=1S/C22H27N/c1-16(2)18(4)21-13-11-20(12-14-21)17(3)15-23-19(5)22-9-7-6-8-10-22/h6-14,16,18H,3,15H2,1-2,4-5H3. The molecule has 0 spiro atoms. The Morgan fingerprint density at radius 1 is 0.913 bits per heavy atom. The summed E-state index contributed by atoms with van der Waals surface area (Å²) < 4.78 is 0. The highest BCUT2D eigenvalue weighted by molar-refractivity contribution is 5.99. The molecule has 0 aromatic heterocycles. The van der Waals surface area contributed by atoms with E-state index in [4.69, 9.17) is 0 Å². The molecule has 0 amide bonds. The number of hydrogen-bond donors (Lipinski definition) is 0. The first kappa shape index (κ1) is 17.2. The fourth-order valence-corrected chi connectivity index (χ4v) is 2.48. The number of aliphatic imine (C=N–C) groups is 1. The second-order valence-corrected chi connectivity index (χ2v) is 6.53. The first-order valence-corrected chi connectivity index (χ1v) is 8.33. The zero-order valence-electron chi connectivity index (χ0n) is 14.7. The van der Waals surface area contributed by atoms with Gasteiger partial charge in [0.1, 0.15) is 0 Å². The highest BCUT2D eigenvalue weighted by Gasteiger charge is 2.09. The first-order valence-electron chi connectivity index (χ1n) is 8.33. The summed E-state index contributed by atoms with van der Waals surface area (Å²) in [6.07, 6.45) is 0. The van der Waals surface area contributed by atoms with Crippen LogP contribution in [0.25, 0.3) is 5.57 Å². The maximum absolute atomic E-state index is 4.67. The predicted molar refractivity (Wildman–Crippen MR) is 102 cm³/mol. The molecule has 23 heavy (non-hydrogen) atoms. The molecule has 2 rings (SSSR count). The fraction of sp³-hybridized carbons (Fsp3) is 0.318. The van der Waals surface area contributed by atoms with Crippen molar-refractivity contribution in [3.63, 3.8) is 0 Å². The minimum atomic E-state index is 0.579. The van der Waals surface area contributed by atoms with Gasteiger partial charge in [-0.1, -0.05) is 81.9 Å². The average molecular weight is 305 g/mol. The van der Waals surface area contributed by atoms with Crippen molar-refractivity contribution in [2.24, 2.45) is 10.9 Å². The van der Waals surface area contributed by atoms with Crippen LogP contribution in [-0.2, 0) is 0 Å². The Morgan fingerprint density at radius 3 is 2.09 bits per heavy atom. The predicted octanol–water partition coefficient (Wildman–Crippen LogP) is 5.97. The van der Waals surface area contributed by atoms with Crippen molar-refractivity contribution < 1.29 is 0 Å². The highest BCUT2D eigenvalue weighted by Crippen LogP contribution is 2.25. The summed E-state index contributed by atoms with van der Waals surface area (Å²) in [5.74, 6) is 1.23. The maximum Gasteiger partial charge on any atom is 0.0643 e. The van der Waals surface area contributed by atoms with E-state index in [0.717, 1.165) is 11.3 Å². The number of nitrogens with zero attached hydrogens (tertiary/aromatic N) is 1. The Hall–Kier alpha value is -2.15. The van der Waals surface area contributed by atoms with Crippen LogP contribution in [0.1, 0.15) is 50.3 Å². The third-order valence-corrected chi connectivity index (χ3v) is 4.54. The molecule has 0 saturated carbocycles. The summed E-state index contributed by atoms with van der Waals surface area (Å²) in [7, 11) is 0. The van der Waals surface area contributed by atoms with E-state index in [-0.39, 0.29) is 0 Å². The molecule has 0 aliphatic heterocycles. The molecule has 0 aliphatic rings. The zero-order chi connectivity index (χ0) is 16.8.